The molecular weight excluding hydrogens is 182 g/mol. The molecule has 4 nitrogen and oxygen atoms in total. The molecule has 0 saturated carbocycles. The average molecular weight is 195 g/mol. The summed E-state index contributed by atoms with van der Waals surface area (Å²) in [6.45, 7) is -0.125. The summed E-state index contributed by atoms with van der Waals surface area (Å²) in [7, 11) is 0. The number of carbonyl (C=O) groups is 1. The van der Waals surface area contributed by atoms with Crippen LogP contribution in [-0.2, 0) is 4.79 Å². The van der Waals surface area contributed by atoms with Gasteiger partial charge in [0.15, 0.2) is 6.10 Å². The van der Waals surface area contributed by atoms with Gasteiger partial charge in [0.2, 0.25) is 0 Å². The molecule has 0 aliphatic heterocycles. The number of benzene rings is 1. The van der Waals surface area contributed by atoms with Crippen LogP contribution in [0.3, 0.4) is 0 Å². The Labute approximate surface area is 82.3 Å². The summed E-state index contributed by atoms with van der Waals surface area (Å²) in [4.78, 5) is 10.9. The van der Waals surface area contributed by atoms with E-state index in [-0.39, 0.29) is 13.0 Å². The van der Waals surface area contributed by atoms with Crippen LogP contribution < -0.4 is 10.5 Å². The number of para-hydroxylation sites is 1. The fourth-order valence-electron chi connectivity index (χ4n) is 1.04. The van der Waals surface area contributed by atoms with Gasteiger partial charge in [-0.05, 0) is 12.1 Å². The van der Waals surface area contributed by atoms with Crippen molar-refractivity contribution in [3.05, 3.63) is 30.3 Å². The molecule has 76 valence electrons. The van der Waals surface area contributed by atoms with Crippen molar-refractivity contribution in [2.24, 2.45) is 5.73 Å². The first-order valence-electron chi connectivity index (χ1n) is 4.36. The quantitative estimate of drug-likeness (QED) is 0.709. The lowest BCUT2D eigenvalue weighted by Gasteiger charge is -2.14. The van der Waals surface area contributed by atoms with Crippen LogP contribution in [0.4, 0.5) is 0 Å². The van der Waals surface area contributed by atoms with Crippen LogP contribution in [0.2, 0.25) is 0 Å². The van der Waals surface area contributed by atoms with Crippen molar-refractivity contribution in [3.63, 3.8) is 0 Å². The van der Waals surface area contributed by atoms with E-state index < -0.39 is 12.0 Å². The summed E-state index contributed by atoms with van der Waals surface area (Å²) in [5.74, 6) is 0.00709. The second-order valence-electron chi connectivity index (χ2n) is 2.83. The zero-order chi connectivity index (χ0) is 10.4. The first kappa shape index (κ1) is 10.5. The number of carbonyl (C=O) groups excluding carboxylic acids is 1. The molecule has 0 spiro atoms. The fourth-order valence-corrected chi connectivity index (χ4v) is 1.04. The number of hydrogen-bond acceptors (Lipinski definition) is 3. The standard InChI is InChI=1S/C10H13NO3/c11-10(13)9(6-7-12)14-8-4-2-1-3-5-8/h1-5,9,12H,6-7H2,(H2,11,13). The monoisotopic (exact) mass is 195 g/mol. The van der Waals surface area contributed by atoms with E-state index in [0.717, 1.165) is 0 Å². The molecule has 0 saturated heterocycles. The molecule has 1 amide bonds. The molecule has 0 aliphatic rings. The maximum Gasteiger partial charge on any atom is 0.258 e. The van der Waals surface area contributed by atoms with E-state index in [0.29, 0.717) is 5.75 Å². The lowest BCUT2D eigenvalue weighted by atomic mass is 10.2. The number of ether oxygens (including phenoxy) is 1. The van der Waals surface area contributed by atoms with Crippen molar-refractivity contribution in [2.45, 2.75) is 12.5 Å². The van der Waals surface area contributed by atoms with Crippen molar-refractivity contribution in [2.75, 3.05) is 6.61 Å². The average Bonchev–Trinajstić information content (AvgIpc) is 2.18. The van der Waals surface area contributed by atoms with Gasteiger partial charge < -0.3 is 15.6 Å². The van der Waals surface area contributed by atoms with Gasteiger partial charge in [-0.15, -0.1) is 0 Å². The molecule has 0 aliphatic carbocycles. The third-order valence-corrected chi connectivity index (χ3v) is 1.73. The van der Waals surface area contributed by atoms with Crippen LogP contribution in [0.5, 0.6) is 5.75 Å². The molecule has 1 atom stereocenters. The minimum atomic E-state index is -0.762. The molecular formula is C10H13NO3. The number of amides is 1. The van der Waals surface area contributed by atoms with E-state index in [1.54, 1.807) is 24.3 Å². The van der Waals surface area contributed by atoms with Crippen molar-refractivity contribution in [1.29, 1.82) is 0 Å². The van der Waals surface area contributed by atoms with Crippen molar-refractivity contribution >= 4 is 5.91 Å². The van der Waals surface area contributed by atoms with Crippen molar-refractivity contribution in [3.8, 4) is 5.75 Å². The van der Waals surface area contributed by atoms with E-state index in [2.05, 4.69) is 0 Å². The summed E-state index contributed by atoms with van der Waals surface area (Å²) in [5, 5.41) is 8.68. The number of primary amides is 1. The largest absolute Gasteiger partial charge is 0.481 e. The molecule has 1 aromatic carbocycles. The molecule has 0 fully saturated rings. The first-order valence-corrected chi connectivity index (χ1v) is 4.36. The minimum Gasteiger partial charge on any atom is -0.481 e. The Hall–Kier alpha value is -1.55. The smallest absolute Gasteiger partial charge is 0.258 e. The normalized spacial score (nSPS) is 12.1. The van der Waals surface area contributed by atoms with Crippen LogP contribution in [0.25, 0.3) is 0 Å². The Balaban J connectivity index is 2.60. The van der Waals surface area contributed by atoms with E-state index in [1.807, 2.05) is 6.07 Å². The highest BCUT2D eigenvalue weighted by Crippen LogP contribution is 2.11. The predicted octanol–water partition coefficient (Wildman–Crippen LogP) is 0.302. The molecule has 14 heavy (non-hydrogen) atoms. The Morgan fingerprint density at radius 3 is 2.57 bits per heavy atom. The van der Waals surface area contributed by atoms with Gasteiger partial charge in [-0.2, -0.15) is 0 Å². The van der Waals surface area contributed by atoms with Gasteiger partial charge in [0.05, 0.1) is 0 Å². The lowest BCUT2D eigenvalue weighted by Crippen LogP contribution is -2.34. The maximum atomic E-state index is 10.9. The zero-order valence-corrected chi connectivity index (χ0v) is 7.72. The molecule has 0 heterocycles. The highest BCUT2D eigenvalue weighted by molar-refractivity contribution is 5.79. The highest BCUT2D eigenvalue weighted by atomic mass is 16.5. The molecule has 0 aromatic heterocycles. The first-order chi connectivity index (χ1) is 6.74. The summed E-state index contributed by atoms with van der Waals surface area (Å²) in [5.41, 5.74) is 5.10. The van der Waals surface area contributed by atoms with Gasteiger partial charge in [-0.25, -0.2) is 0 Å². The number of hydrogen-bond donors (Lipinski definition) is 2. The van der Waals surface area contributed by atoms with Gasteiger partial charge in [0.25, 0.3) is 5.91 Å². The summed E-state index contributed by atoms with van der Waals surface area (Å²) in [6.07, 6.45) is -0.549. The second kappa shape index (κ2) is 5.24. The number of aliphatic hydroxyl groups is 1. The van der Waals surface area contributed by atoms with Crippen molar-refractivity contribution < 1.29 is 14.6 Å². The predicted molar refractivity (Wildman–Crippen MR) is 51.8 cm³/mol. The van der Waals surface area contributed by atoms with Crippen molar-refractivity contribution in [1.82, 2.24) is 0 Å². The molecule has 0 radical (unpaired) electrons. The molecule has 4 heteroatoms. The second-order valence-corrected chi connectivity index (χ2v) is 2.83. The van der Waals surface area contributed by atoms with Gasteiger partial charge in [0, 0.05) is 13.0 Å². The van der Waals surface area contributed by atoms with E-state index in [1.165, 1.54) is 0 Å². The molecule has 1 unspecified atom stereocenters. The van der Waals surface area contributed by atoms with Crippen LogP contribution in [0, 0.1) is 0 Å². The molecule has 1 rings (SSSR count). The highest BCUT2D eigenvalue weighted by Gasteiger charge is 2.15. The Morgan fingerprint density at radius 1 is 1.43 bits per heavy atom. The minimum absolute atomic E-state index is 0.125. The number of aliphatic hydroxyl groups excluding tert-OH is 1. The maximum absolute atomic E-state index is 10.9. The summed E-state index contributed by atoms with van der Waals surface area (Å²) in [6, 6.07) is 8.90. The molecule has 0 bridgehead atoms. The Morgan fingerprint density at radius 2 is 2.07 bits per heavy atom. The third kappa shape index (κ3) is 3.06. The third-order valence-electron chi connectivity index (χ3n) is 1.73. The van der Waals surface area contributed by atoms with Gasteiger partial charge >= 0.3 is 0 Å². The van der Waals surface area contributed by atoms with Crippen LogP contribution >= 0.6 is 0 Å². The summed E-state index contributed by atoms with van der Waals surface area (Å²) < 4.78 is 5.28. The Bertz CT molecular complexity index is 287. The van der Waals surface area contributed by atoms with Crippen LogP contribution in [0.15, 0.2) is 30.3 Å². The van der Waals surface area contributed by atoms with Gasteiger partial charge in [-0.3, -0.25) is 4.79 Å². The molecule has 3 N–H and O–H groups in total. The lowest BCUT2D eigenvalue weighted by molar-refractivity contribution is -0.125. The van der Waals surface area contributed by atoms with E-state index >= 15 is 0 Å². The Kier molecular flexibility index (Phi) is 3.94. The fraction of sp³-hybridized carbons (Fsp3) is 0.300. The van der Waals surface area contributed by atoms with Crippen LogP contribution in [0.1, 0.15) is 6.42 Å². The topological polar surface area (TPSA) is 72.6 Å². The van der Waals surface area contributed by atoms with Gasteiger partial charge in [0.1, 0.15) is 5.75 Å². The SMILES string of the molecule is NC(=O)C(CCO)Oc1ccccc1. The summed E-state index contributed by atoms with van der Waals surface area (Å²) >= 11 is 0. The zero-order valence-electron chi connectivity index (χ0n) is 7.72. The van der Waals surface area contributed by atoms with Crippen LogP contribution in [-0.4, -0.2) is 23.7 Å². The number of rotatable bonds is 5. The van der Waals surface area contributed by atoms with E-state index in [4.69, 9.17) is 15.6 Å². The number of nitrogens with two attached hydrogens (primary N) is 1. The molecule has 1 aromatic rings. The van der Waals surface area contributed by atoms with E-state index in [9.17, 15) is 4.79 Å². The van der Waals surface area contributed by atoms with Gasteiger partial charge in [-0.1, -0.05) is 18.2 Å².